The highest BCUT2D eigenvalue weighted by atomic mass is 16.7. The lowest BCUT2D eigenvalue weighted by Crippen LogP contribution is -2.17. The summed E-state index contributed by atoms with van der Waals surface area (Å²) in [6.07, 6.45) is 1.62. The van der Waals surface area contributed by atoms with Crippen LogP contribution in [0.5, 0.6) is 0 Å². The summed E-state index contributed by atoms with van der Waals surface area (Å²) in [7, 11) is 1.53. The summed E-state index contributed by atoms with van der Waals surface area (Å²) in [5.41, 5.74) is 0. The van der Waals surface area contributed by atoms with E-state index in [-0.39, 0.29) is 25.1 Å². The largest absolute Gasteiger partial charge is 0.359 e. The third-order valence-electron chi connectivity index (χ3n) is 1.63. The number of hydrogen-bond donors (Lipinski definition) is 0. The fourth-order valence-electron chi connectivity index (χ4n) is 0.835. The van der Waals surface area contributed by atoms with Crippen molar-refractivity contribution < 1.29 is 14.3 Å². The molecule has 0 aliphatic heterocycles. The molecule has 1 atom stereocenters. The van der Waals surface area contributed by atoms with Gasteiger partial charge in [-0.25, -0.2) is 0 Å². The van der Waals surface area contributed by atoms with Gasteiger partial charge in [-0.1, -0.05) is 20.3 Å². The first-order valence-electron chi connectivity index (χ1n) is 4.11. The van der Waals surface area contributed by atoms with E-state index in [0.29, 0.717) is 0 Å². The molecule has 0 aromatic heterocycles. The molecule has 71 valence electrons. The average molecular weight is 173 g/mol. The third-order valence-corrected chi connectivity index (χ3v) is 1.63. The quantitative estimate of drug-likeness (QED) is 0.431. The molecule has 12 heavy (non-hydrogen) atoms. The molecule has 0 spiro atoms. The Balaban J connectivity index is 3.43. The predicted molar refractivity (Wildman–Crippen MR) is 46.6 cm³/mol. The van der Waals surface area contributed by atoms with Crippen molar-refractivity contribution in [3.63, 3.8) is 0 Å². The van der Waals surface area contributed by atoms with Gasteiger partial charge in [-0.2, -0.15) is 0 Å². The van der Waals surface area contributed by atoms with Gasteiger partial charge in [0.2, 0.25) is 0 Å². The van der Waals surface area contributed by atoms with Crippen molar-refractivity contribution in [2.24, 2.45) is 5.92 Å². The minimum absolute atomic E-state index is 0.0550. The van der Waals surface area contributed by atoms with E-state index in [9.17, 15) is 4.79 Å². The van der Waals surface area contributed by atoms with Gasteiger partial charge in [0.1, 0.15) is 13.4 Å². The van der Waals surface area contributed by atoms with Gasteiger partial charge in [-0.3, -0.25) is 4.79 Å². The molecule has 1 radical (unpaired) electrons. The first-order valence-corrected chi connectivity index (χ1v) is 4.11. The smallest absolute Gasteiger partial charge is 0.161 e. The van der Waals surface area contributed by atoms with Crippen molar-refractivity contribution in [3.05, 3.63) is 6.92 Å². The molecule has 0 heterocycles. The van der Waals surface area contributed by atoms with E-state index >= 15 is 0 Å². The second-order valence-electron chi connectivity index (χ2n) is 2.76. The van der Waals surface area contributed by atoms with Crippen molar-refractivity contribution in [1.82, 2.24) is 0 Å². The fourth-order valence-corrected chi connectivity index (χ4v) is 0.835. The molecule has 0 aliphatic rings. The number of hydrogen-bond acceptors (Lipinski definition) is 3. The van der Waals surface area contributed by atoms with Crippen LogP contribution < -0.4 is 0 Å². The van der Waals surface area contributed by atoms with E-state index in [1.54, 1.807) is 0 Å². The molecule has 1 unspecified atom stereocenters. The maximum atomic E-state index is 11.2. The Kier molecular flexibility index (Phi) is 7.00. The highest BCUT2D eigenvalue weighted by Gasteiger charge is 2.11. The number of Topliss-reactive ketones (excluding diaryl/α,β-unsaturated/α-hetero) is 1. The molecule has 3 nitrogen and oxygen atoms in total. The molecular formula is C9H17O3. The SMILES string of the molecule is [CH2]CCC(C)C(=O)COCOC. The highest BCUT2D eigenvalue weighted by Crippen LogP contribution is 2.05. The average Bonchev–Trinajstić information content (AvgIpc) is 2.05. The summed E-state index contributed by atoms with van der Waals surface area (Å²) in [6.45, 7) is 5.91. The lowest BCUT2D eigenvalue weighted by Gasteiger charge is -2.08. The number of ether oxygens (including phenoxy) is 2. The maximum Gasteiger partial charge on any atom is 0.161 e. The van der Waals surface area contributed by atoms with Gasteiger partial charge in [0.25, 0.3) is 0 Å². The van der Waals surface area contributed by atoms with E-state index in [1.165, 1.54) is 7.11 Å². The summed E-state index contributed by atoms with van der Waals surface area (Å²) >= 11 is 0. The number of rotatable bonds is 7. The van der Waals surface area contributed by atoms with Crippen LogP contribution in [0.1, 0.15) is 19.8 Å². The van der Waals surface area contributed by atoms with Crippen molar-refractivity contribution in [2.75, 3.05) is 20.5 Å². The van der Waals surface area contributed by atoms with E-state index in [1.807, 2.05) is 6.92 Å². The van der Waals surface area contributed by atoms with Crippen LogP contribution in [0, 0.1) is 12.8 Å². The first kappa shape index (κ1) is 11.6. The van der Waals surface area contributed by atoms with Crippen LogP contribution in [0.25, 0.3) is 0 Å². The van der Waals surface area contributed by atoms with Gasteiger partial charge in [-0.05, 0) is 6.42 Å². The lowest BCUT2D eigenvalue weighted by molar-refractivity contribution is -0.131. The minimum Gasteiger partial charge on any atom is -0.359 e. The second-order valence-corrected chi connectivity index (χ2v) is 2.76. The van der Waals surface area contributed by atoms with Crippen molar-refractivity contribution in [1.29, 1.82) is 0 Å². The Morgan fingerprint density at radius 3 is 2.75 bits per heavy atom. The van der Waals surface area contributed by atoms with Crippen LogP contribution in [-0.4, -0.2) is 26.3 Å². The number of methoxy groups -OCH3 is 1. The van der Waals surface area contributed by atoms with Crippen molar-refractivity contribution in [2.45, 2.75) is 19.8 Å². The van der Waals surface area contributed by atoms with Crippen LogP contribution in [0.15, 0.2) is 0 Å². The Labute approximate surface area is 74.0 Å². The summed E-state index contributed by atoms with van der Waals surface area (Å²) in [6, 6.07) is 0. The van der Waals surface area contributed by atoms with E-state index in [4.69, 9.17) is 4.74 Å². The Hall–Kier alpha value is -0.410. The van der Waals surface area contributed by atoms with Crippen LogP contribution in [0.4, 0.5) is 0 Å². The molecule has 0 aromatic rings. The van der Waals surface area contributed by atoms with Gasteiger partial charge in [0, 0.05) is 13.0 Å². The minimum atomic E-state index is 0.0550. The molecule has 0 aliphatic carbocycles. The summed E-state index contributed by atoms with van der Waals surface area (Å²) < 4.78 is 9.57. The lowest BCUT2D eigenvalue weighted by atomic mass is 10.0. The van der Waals surface area contributed by atoms with Crippen LogP contribution >= 0.6 is 0 Å². The molecule has 0 aromatic carbocycles. The first-order chi connectivity index (χ1) is 5.72. The normalized spacial score (nSPS) is 12.9. The van der Waals surface area contributed by atoms with Crippen molar-refractivity contribution >= 4 is 5.78 Å². The summed E-state index contributed by atoms with van der Waals surface area (Å²) in [4.78, 5) is 11.2. The Morgan fingerprint density at radius 1 is 1.58 bits per heavy atom. The van der Waals surface area contributed by atoms with Crippen LogP contribution in [0.2, 0.25) is 0 Å². The van der Waals surface area contributed by atoms with E-state index < -0.39 is 0 Å². The monoisotopic (exact) mass is 173 g/mol. The predicted octanol–water partition coefficient (Wildman–Crippen LogP) is 1.43. The highest BCUT2D eigenvalue weighted by molar-refractivity contribution is 5.81. The summed E-state index contributed by atoms with van der Waals surface area (Å²) in [5, 5.41) is 0. The van der Waals surface area contributed by atoms with E-state index in [0.717, 1.165) is 12.8 Å². The second kappa shape index (κ2) is 7.25. The number of carbonyl (C=O) groups excluding carboxylic acids is 1. The zero-order valence-electron chi connectivity index (χ0n) is 7.84. The number of ketones is 1. The fraction of sp³-hybridized carbons (Fsp3) is 0.778. The van der Waals surface area contributed by atoms with Crippen LogP contribution in [0.3, 0.4) is 0 Å². The molecule has 0 rings (SSSR count). The standard InChI is InChI=1S/C9H17O3/c1-4-5-8(2)9(10)6-12-7-11-3/h8H,1,4-7H2,2-3H3. The topological polar surface area (TPSA) is 35.5 Å². The molecule has 0 fully saturated rings. The zero-order chi connectivity index (χ0) is 9.40. The zero-order valence-corrected chi connectivity index (χ0v) is 7.84. The molecular weight excluding hydrogens is 156 g/mol. The van der Waals surface area contributed by atoms with Gasteiger partial charge >= 0.3 is 0 Å². The van der Waals surface area contributed by atoms with Gasteiger partial charge in [-0.15, -0.1) is 0 Å². The Bertz CT molecular complexity index is 123. The maximum absolute atomic E-state index is 11.2. The molecule has 0 saturated carbocycles. The van der Waals surface area contributed by atoms with Crippen LogP contribution in [-0.2, 0) is 14.3 Å². The van der Waals surface area contributed by atoms with Crippen molar-refractivity contribution in [3.8, 4) is 0 Å². The van der Waals surface area contributed by atoms with E-state index in [2.05, 4.69) is 11.7 Å². The molecule has 0 N–H and O–H groups in total. The van der Waals surface area contributed by atoms with Gasteiger partial charge in [0.05, 0.1) is 0 Å². The Morgan fingerprint density at radius 2 is 2.25 bits per heavy atom. The molecule has 0 saturated heterocycles. The summed E-state index contributed by atoms with van der Waals surface area (Å²) in [5.74, 6) is 0.176. The van der Waals surface area contributed by atoms with Gasteiger partial charge < -0.3 is 9.47 Å². The molecule has 0 bridgehead atoms. The molecule has 3 heteroatoms. The molecule has 0 amide bonds. The number of carbonyl (C=O) groups is 1. The third kappa shape index (κ3) is 5.27. The van der Waals surface area contributed by atoms with Gasteiger partial charge in [0.15, 0.2) is 5.78 Å².